The van der Waals surface area contributed by atoms with Gasteiger partial charge in [0, 0.05) is 6.20 Å². The third-order valence-corrected chi connectivity index (χ3v) is 1.73. The standard InChI is InChI=1S/C9H15N2/c1-8(2)4-3-5-9-6-10-11-7-9/h6,8H,3-5H2,1-2H3,(H,10,11). The van der Waals surface area contributed by atoms with E-state index in [4.69, 9.17) is 0 Å². The Labute approximate surface area is 68.0 Å². The number of aryl methyl sites for hydroxylation is 1. The first-order valence-corrected chi connectivity index (χ1v) is 4.19. The lowest BCUT2D eigenvalue weighted by atomic mass is 10.0. The quantitative estimate of drug-likeness (QED) is 0.702. The Kier molecular flexibility index (Phi) is 3.14. The van der Waals surface area contributed by atoms with Gasteiger partial charge in [0.25, 0.3) is 0 Å². The molecule has 2 heteroatoms. The molecule has 1 radical (unpaired) electrons. The van der Waals surface area contributed by atoms with Crippen LogP contribution in [-0.4, -0.2) is 10.2 Å². The van der Waals surface area contributed by atoms with Gasteiger partial charge in [-0.3, -0.25) is 5.10 Å². The summed E-state index contributed by atoms with van der Waals surface area (Å²) in [7, 11) is 0. The number of H-pyrrole nitrogens is 1. The first-order valence-electron chi connectivity index (χ1n) is 4.19. The fourth-order valence-electron chi connectivity index (χ4n) is 1.08. The Bertz CT molecular complexity index is 177. The molecule has 11 heavy (non-hydrogen) atoms. The lowest BCUT2D eigenvalue weighted by Gasteiger charge is -2.01. The summed E-state index contributed by atoms with van der Waals surface area (Å²) in [5.74, 6) is 0.807. The molecule has 1 aromatic rings. The van der Waals surface area contributed by atoms with E-state index >= 15 is 0 Å². The molecule has 0 unspecified atom stereocenters. The van der Waals surface area contributed by atoms with E-state index in [-0.39, 0.29) is 0 Å². The second-order valence-corrected chi connectivity index (χ2v) is 3.31. The third kappa shape index (κ3) is 3.21. The zero-order valence-electron chi connectivity index (χ0n) is 7.22. The van der Waals surface area contributed by atoms with Gasteiger partial charge < -0.3 is 0 Å². The Morgan fingerprint density at radius 3 is 3.00 bits per heavy atom. The van der Waals surface area contributed by atoms with E-state index in [1.54, 1.807) is 0 Å². The average molecular weight is 151 g/mol. The molecule has 1 rings (SSSR count). The summed E-state index contributed by atoms with van der Waals surface area (Å²) in [6.07, 6.45) is 8.46. The van der Waals surface area contributed by atoms with Crippen LogP contribution in [0.3, 0.4) is 0 Å². The molecule has 1 heterocycles. The summed E-state index contributed by atoms with van der Waals surface area (Å²) in [5.41, 5.74) is 1.20. The van der Waals surface area contributed by atoms with Crippen molar-refractivity contribution in [3.63, 3.8) is 0 Å². The van der Waals surface area contributed by atoms with Crippen molar-refractivity contribution in [2.45, 2.75) is 33.1 Å². The minimum atomic E-state index is 0.807. The van der Waals surface area contributed by atoms with Gasteiger partial charge >= 0.3 is 0 Å². The maximum absolute atomic E-state index is 3.77. The van der Waals surface area contributed by atoms with Gasteiger partial charge in [0.1, 0.15) is 6.20 Å². The highest BCUT2D eigenvalue weighted by Gasteiger charge is 1.96. The van der Waals surface area contributed by atoms with Crippen LogP contribution in [0.15, 0.2) is 6.20 Å². The molecule has 0 saturated carbocycles. The molecule has 0 fully saturated rings. The SMILES string of the molecule is CC(C)CCCc1[c]n[nH]c1. The molecular formula is C9H15N2. The van der Waals surface area contributed by atoms with Crippen molar-refractivity contribution in [3.8, 4) is 0 Å². The van der Waals surface area contributed by atoms with Crippen LogP contribution in [0.5, 0.6) is 0 Å². The van der Waals surface area contributed by atoms with Crippen molar-refractivity contribution in [2.24, 2.45) is 5.92 Å². The maximum atomic E-state index is 3.77. The molecule has 1 N–H and O–H groups in total. The van der Waals surface area contributed by atoms with Crippen molar-refractivity contribution in [3.05, 3.63) is 18.0 Å². The molecule has 0 atom stereocenters. The van der Waals surface area contributed by atoms with Crippen LogP contribution >= 0.6 is 0 Å². The van der Waals surface area contributed by atoms with Crippen LogP contribution in [0.4, 0.5) is 0 Å². The number of hydrogen-bond donors (Lipinski definition) is 1. The van der Waals surface area contributed by atoms with Gasteiger partial charge in [-0.1, -0.05) is 20.3 Å². The van der Waals surface area contributed by atoms with Gasteiger partial charge in [-0.15, -0.1) is 0 Å². The van der Waals surface area contributed by atoms with E-state index in [1.807, 2.05) is 6.20 Å². The molecule has 0 aliphatic heterocycles. The van der Waals surface area contributed by atoms with Gasteiger partial charge in [-0.2, -0.15) is 5.10 Å². The Morgan fingerprint density at radius 1 is 1.64 bits per heavy atom. The number of nitrogens with one attached hydrogen (secondary N) is 1. The van der Waals surface area contributed by atoms with Crippen LogP contribution in [0.1, 0.15) is 32.3 Å². The topological polar surface area (TPSA) is 28.7 Å². The number of hydrogen-bond acceptors (Lipinski definition) is 1. The monoisotopic (exact) mass is 151 g/mol. The largest absolute Gasteiger partial charge is 0.285 e. The van der Waals surface area contributed by atoms with Gasteiger partial charge in [0.05, 0.1) is 0 Å². The molecule has 0 spiro atoms. The van der Waals surface area contributed by atoms with Crippen molar-refractivity contribution >= 4 is 0 Å². The summed E-state index contributed by atoms with van der Waals surface area (Å²) in [5, 5.41) is 6.53. The van der Waals surface area contributed by atoms with Crippen molar-refractivity contribution in [1.82, 2.24) is 10.2 Å². The van der Waals surface area contributed by atoms with E-state index in [0.717, 1.165) is 12.3 Å². The molecule has 0 aliphatic carbocycles. The molecule has 0 aliphatic rings. The molecule has 1 aromatic heterocycles. The maximum Gasteiger partial charge on any atom is 0.116 e. The number of nitrogens with zero attached hydrogens (tertiary/aromatic N) is 1. The fraction of sp³-hybridized carbons (Fsp3) is 0.667. The molecule has 0 bridgehead atoms. The summed E-state index contributed by atoms with van der Waals surface area (Å²) >= 11 is 0. The summed E-state index contributed by atoms with van der Waals surface area (Å²) in [4.78, 5) is 0. The first-order chi connectivity index (χ1) is 5.29. The average Bonchev–Trinajstić information content (AvgIpc) is 2.39. The van der Waals surface area contributed by atoms with Crippen LogP contribution < -0.4 is 0 Å². The number of aromatic nitrogens is 2. The summed E-state index contributed by atoms with van der Waals surface area (Å²) in [6.45, 7) is 4.50. The smallest absolute Gasteiger partial charge is 0.116 e. The van der Waals surface area contributed by atoms with Crippen molar-refractivity contribution < 1.29 is 0 Å². The van der Waals surface area contributed by atoms with Crippen LogP contribution in [0.2, 0.25) is 0 Å². The van der Waals surface area contributed by atoms with Gasteiger partial charge in [-0.25, -0.2) is 0 Å². The van der Waals surface area contributed by atoms with Crippen LogP contribution in [-0.2, 0) is 6.42 Å². The predicted molar refractivity (Wildman–Crippen MR) is 45.2 cm³/mol. The fourth-order valence-corrected chi connectivity index (χ4v) is 1.08. The lowest BCUT2D eigenvalue weighted by molar-refractivity contribution is 0.556. The Morgan fingerprint density at radius 2 is 2.45 bits per heavy atom. The Hall–Kier alpha value is -0.790. The minimum absolute atomic E-state index is 0.807. The van der Waals surface area contributed by atoms with Crippen LogP contribution in [0, 0.1) is 12.1 Å². The molecule has 0 aromatic carbocycles. The van der Waals surface area contributed by atoms with Gasteiger partial charge in [0.15, 0.2) is 0 Å². The second-order valence-electron chi connectivity index (χ2n) is 3.31. The predicted octanol–water partition coefficient (Wildman–Crippen LogP) is 2.19. The van der Waals surface area contributed by atoms with E-state index in [2.05, 4.69) is 30.2 Å². The summed E-state index contributed by atoms with van der Waals surface area (Å²) in [6, 6.07) is 0. The van der Waals surface area contributed by atoms with Crippen molar-refractivity contribution in [2.75, 3.05) is 0 Å². The molecular weight excluding hydrogens is 136 g/mol. The minimum Gasteiger partial charge on any atom is -0.285 e. The van der Waals surface area contributed by atoms with E-state index in [9.17, 15) is 0 Å². The number of aromatic amines is 1. The summed E-state index contributed by atoms with van der Waals surface area (Å²) < 4.78 is 0. The zero-order chi connectivity index (χ0) is 8.10. The lowest BCUT2D eigenvalue weighted by Crippen LogP contribution is -1.89. The molecule has 2 nitrogen and oxygen atoms in total. The highest BCUT2D eigenvalue weighted by atomic mass is 15.1. The normalized spacial score (nSPS) is 10.8. The van der Waals surface area contributed by atoms with E-state index < -0.39 is 0 Å². The zero-order valence-corrected chi connectivity index (χ0v) is 7.22. The molecule has 0 amide bonds. The second kappa shape index (κ2) is 4.16. The highest BCUT2D eigenvalue weighted by molar-refractivity contribution is 5.00. The van der Waals surface area contributed by atoms with Crippen LogP contribution in [0.25, 0.3) is 0 Å². The van der Waals surface area contributed by atoms with Crippen molar-refractivity contribution in [1.29, 1.82) is 0 Å². The number of rotatable bonds is 4. The highest BCUT2D eigenvalue weighted by Crippen LogP contribution is 2.07. The molecule has 61 valence electrons. The third-order valence-electron chi connectivity index (χ3n) is 1.73. The first kappa shape index (κ1) is 8.31. The van der Waals surface area contributed by atoms with Gasteiger partial charge in [0.2, 0.25) is 0 Å². The van der Waals surface area contributed by atoms with E-state index in [1.165, 1.54) is 18.4 Å². The molecule has 0 saturated heterocycles. The Balaban J connectivity index is 2.14. The van der Waals surface area contributed by atoms with E-state index in [0.29, 0.717) is 0 Å². The van der Waals surface area contributed by atoms with Gasteiger partial charge in [-0.05, 0) is 24.3 Å².